The first kappa shape index (κ1) is 12.7. The molecule has 0 saturated carbocycles. The van der Waals surface area contributed by atoms with Crippen LogP contribution in [0.25, 0.3) is 0 Å². The van der Waals surface area contributed by atoms with Gasteiger partial charge in [-0.1, -0.05) is 18.2 Å². The number of carbonyl (C=O) groups is 1. The summed E-state index contributed by atoms with van der Waals surface area (Å²) < 4.78 is 0. The van der Waals surface area contributed by atoms with Gasteiger partial charge < -0.3 is 10.0 Å². The number of nitrogens with zero attached hydrogens (tertiary/aromatic N) is 1. The molecule has 3 nitrogen and oxygen atoms in total. The summed E-state index contributed by atoms with van der Waals surface area (Å²) in [6.45, 7) is 1.40. The van der Waals surface area contributed by atoms with E-state index in [2.05, 4.69) is 18.2 Å². The van der Waals surface area contributed by atoms with Crippen LogP contribution in [-0.2, 0) is 24.1 Å². The second-order valence-corrected chi connectivity index (χ2v) is 5.75. The molecule has 3 heteroatoms. The number of likely N-dealkylation sites (tertiary alicyclic amines) is 1. The Morgan fingerprint density at radius 1 is 1.21 bits per heavy atom. The van der Waals surface area contributed by atoms with E-state index < -0.39 is 0 Å². The number of aliphatic hydroxyl groups is 1. The topological polar surface area (TPSA) is 40.5 Å². The number of amides is 1. The maximum absolute atomic E-state index is 12.2. The van der Waals surface area contributed by atoms with E-state index in [9.17, 15) is 9.90 Å². The van der Waals surface area contributed by atoms with Gasteiger partial charge in [0.1, 0.15) is 0 Å². The fourth-order valence-corrected chi connectivity index (χ4v) is 3.14. The molecule has 1 aliphatic heterocycles. The van der Waals surface area contributed by atoms with Gasteiger partial charge in [-0.15, -0.1) is 0 Å². The van der Waals surface area contributed by atoms with Gasteiger partial charge in [-0.2, -0.15) is 0 Å². The molecular weight excluding hydrogens is 238 g/mol. The third kappa shape index (κ3) is 2.81. The van der Waals surface area contributed by atoms with Crippen molar-refractivity contribution in [3.05, 3.63) is 34.9 Å². The maximum atomic E-state index is 12.2. The molecule has 2 aliphatic rings. The summed E-state index contributed by atoms with van der Waals surface area (Å²) in [6, 6.07) is 6.49. The monoisotopic (exact) mass is 259 g/mol. The van der Waals surface area contributed by atoms with E-state index in [1.165, 1.54) is 24.0 Å². The van der Waals surface area contributed by atoms with Crippen molar-refractivity contribution in [3.8, 4) is 0 Å². The Balaban J connectivity index is 1.63. The minimum atomic E-state index is -0.218. The molecule has 1 saturated heterocycles. The highest BCUT2D eigenvalue weighted by molar-refractivity contribution is 5.79. The highest BCUT2D eigenvalue weighted by Crippen LogP contribution is 2.23. The molecule has 1 aromatic rings. The zero-order valence-corrected chi connectivity index (χ0v) is 11.3. The first-order valence-corrected chi connectivity index (χ1v) is 7.29. The largest absolute Gasteiger partial charge is 0.393 e. The Bertz CT molecular complexity index is 476. The lowest BCUT2D eigenvalue weighted by atomic mass is 10.0. The third-order valence-corrected chi connectivity index (χ3v) is 4.34. The number of aryl methyl sites for hydroxylation is 2. The Kier molecular flexibility index (Phi) is 3.56. The van der Waals surface area contributed by atoms with E-state index >= 15 is 0 Å². The van der Waals surface area contributed by atoms with Crippen molar-refractivity contribution in [1.29, 1.82) is 0 Å². The highest BCUT2D eigenvalue weighted by atomic mass is 16.3. The molecule has 0 spiro atoms. The van der Waals surface area contributed by atoms with Gasteiger partial charge in [0.15, 0.2) is 0 Å². The van der Waals surface area contributed by atoms with Crippen LogP contribution >= 0.6 is 0 Å². The van der Waals surface area contributed by atoms with E-state index in [-0.39, 0.29) is 12.0 Å². The third-order valence-electron chi connectivity index (χ3n) is 4.34. The Hall–Kier alpha value is -1.35. The SMILES string of the molecule is O=C(Cc1ccc2c(c1)CCC2)N1CCC(O)CC1. The molecule has 1 aliphatic carbocycles. The van der Waals surface area contributed by atoms with Gasteiger partial charge in [-0.05, 0) is 48.8 Å². The van der Waals surface area contributed by atoms with Crippen molar-refractivity contribution >= 4 is 5.91 Å². The standard InChI is InChI=1S/C16H21NO2/c18-15-6-8-17(9-7-15)16(19)11-12-4-5-13-2-1-3-14(13)10-12/h4-5,10,15,18H,1-3,6-9,11H2. The maximum Gasteiger partial charge on any atom is 0.226 e. The predicted octanol–water partition coefficient (Wildman–Crippen LogP) is 1.70. The second kappa shape index (κ2) is 5.33. The number of aliphatic hydroxyl groups excluding tert-OH is 1. The lowest BCUT2D eigenvalue weighted by Gasteiger charge is -2.29. The summed E-state index contributed by atoms with van der Waals surface area (Å²) in [4.78, 5) is 14.1. The Labute approximate surface area is 114 Å². The summed E-state index contributed by atoms with van der Waals surface area (Å²) in [7, 11) is 0. The molecule has 1 heterocycles. The summed E-state index contributed by atoms with van der Waals surface area (Å²) in [5.41, 5.74) is 4.02. The van der Waals surface area contributed by atoms with Crippen LogP contribution in [0.5, 0.6) is 0 Å². The van der Waals surface area contributed by atoms with Gasteiger partial charge in [0.2, 0.25) is 5.91 Å². The van der Waals surface area contributed by atoms with Gasteiger partial charge in [0, 0.05) is 13.1 Å². The Morgan fingerprint density at radius 3 is 2.74 bits per heavy atom. The number of benzene rings is 1. The van der Waals surface area contributed by atoms with Crippen LogP contribution < -0.4 is 0 Å². The molecule has 1 amide bonds. The van der Waals surface area contributed by atoms with Crippen molar-refractivity contribution in [2.75, 3.05) is 13.1 Å². The number of hydrogen-bond acceptors (Lipinski definition) is 2. The average Bonchev–Trinajstić information content (AvgIpc) is 2.87. The summed E-state index contributed by atoms with van der Waals surface area (Å²) in [6.07, 6.45) is 5.32. The molecule has 0 unspecified atom stereocenters. The molecule has 0 radical (unpaired) electrons. The molecule has 1 N–H and O–H groups in total. The summed E-state index contributed by atoms with van der Waals surface area (Å²) in [5.74, 6) is 0.199. The molecule has 19 heavy (non-hydrogen) atoms. The number of carbonyl (C=O) groups excluding carboxylic acids is 1. The number of fused-ring (bicyclic) bond motifs is 1. The molecule has 0 aromatic heterocycles. The average molecular weight is 259 g/mol. The predicted molar refractivity (Wildman–Crippen MR) is 74.0 cm³/mol. The van der Waals surface area contributed by atoms with Crippen LogP contribution in [-0.4, -0.2) is 35.1 Å². The molecule has 1 aromatic carbocycles. The quantitative estimate of drug-likeness (QED) is 0.878. The van der Waals surface area contributed by atoms with Crippen molar-refractivity contribution in [1.82, 2.24) is 4.90 Å². The van der Waals surface area contributed by atoms with Crippen LogP contribution in [0.2, 0.25) is 0 Å². The van der Waals surface area contributed by atoms with Gasteiger partial charge in [-0.25, -0.2) is 0 Å². The minimum Gasteiger partial charge on any atom is -0.393 e. The van der Waals surface area contributed by atoms with Crippen LogP contribution in [0.1, 0.15) is 36.0 Å². The van der Waals surface area contributed by atoms with Gasteiger partial charge in [0.05, 0.1) is 12.5 Å². The van der Waals surface area contributed by atoms with Crippen molar-refractivity contribution in [2.45, 2.75) is 44.6 Å². The lowest BCUT2D eigenvalue weighted by Crippen LogP contribution is -2.40. The fourth-order valence-electron chi connectivity index (χ4n) is 3.14. The number of piperidine rings is 1. The molecular formula is C16H21NO2. The molecule has 1 fully saturated rings. The fraction of sp³-hybridized carbons (Fsp3) is 0.562. The summed E-state index contributed by atoms with van der Waals surface area (Å²) >= 11 is 0. The first-order valence-electron chi connectivity index (χ1n) is 7.29. The normalized spacial score (nSPS) is 19.5. The van der Waals surface area contributed by atoms with Gasteiger partial charge in [0.25, 0.3) is 0 Å². The molecule has 0 atom stereocenters. The van der Waals surface area contributed by atoms with E-state index in [0.717, 1.165) is 24.8 Å². The molecule has 102 valence electrons. The van der Waals surface area contributed by atoms with Crippen LogP contribution in [0.4, 0.5) is 0 Å². The molecule has 0 bridgehead atoms. The summed E-state index contributed by atoms with van der Waals surface area (Å²) in [5, 5.41) is 9.47. The molecule has 3 rings (SSSR count). The zero-order valence-electron chi connectivity index (χ0n) is 11.3. The van der Waals surface area contributed by atoms with Gasteiger partial charge >= 0.3 is 0 Å². The minimum absolute atomic E-state index is 0.199. The van der Waals surface area contributed by atoms with E-state index in [4.69, 9.17) is 0 Å². The lowest BCUT2D eigenvalue weighted by molar-refractivity contribution is -0.132. The van der Waals surface area contributed by atoms with Crippen LogP contribution in [0.3, 0.4) is 0 Å². The van der Waals surface area contributed by atoms with Crippen molar-refractivity contribution in [3.63, 3.8) is 0 Å². The zero-order chi connectivity index (χ0) is 13.2. The first-order chi connectivity index (χ1) is 9.22. The van der Waals surface area contributed by atoms with Crippen LogP contribution in [0, 0.1) is 0 Å². The van der Waals surface area contributed by atoms with Gasteiger partial charge in [-0.3, -0.25) is 4.79 Å². The van der Waals surface area contributed by atoms with E-state index in [1.54, 1.807) is 0 Å². The Morgan fingerprint density at radius 2 is 1.95 bits per heavy atom. The van der Waals surface area contributed by atoms with Crippen LogP contribution in [0.15, 0.2) is 18.2 Å². The van der Waals surface area contributed by atoms with Crippen molar-refractivity contribution < 1.29 is 9.90 Å². The highest BCUT2D eigenvalue weighted by Gasteiger charge is 2.21. The number of rotatable bonds is 2. The smallest absolute Gasteiger partial charge is 0.226 e. The second-order valence-electron chi connectivity index (χ2n) is 5.75. The van der Waals surface area contributed by atoms with E-state index in [0.29, 0.717) is 19.5 Å². The van der Waals surface area contributed by atoms with E-state index in [1.807, 2.05) is 4.90 Å². The van der Waals surface area contributed by atoms with Crippen molar-refractivity contribution in [2.24, 2.45) is 0 Å². The number of hydrogen-bond donors (Lipinski definition) is 1.